The van der Waals surface area contributed by atoms with Crippen molar-refractivity contribution in [1.82, 2.24) is 0 Å². The van der Waals surface area contributed by atoms with Crippen LogP contribution < -0.4 is 0 Å². The molecule has 0 bridgehead atoms. The van der Waals surface area contributed by atoms with Crippen LogP contribution in [0, 0.1) is 22.2 Å². The summed E-state index contributed by atoms with van der Waals surface area (Å²) in [5, 5.41) is 10.6. The lowest BCUT2D eigenvalue weighted by Gasteiger charge is -2.52. The molecule has 1 rings (SSSR count). The molecule has 0 aromatic carbocycles. The van der Waals surface area contributed by atoms with Crippen LogP contribution in [0.3, 0.4) is 0 Å². The van der Waals surface area contributed by atoms with E-state index in [1.807, 2.05) is 0 Å². The highest BCUT2D eigenvalue weighted by Gasteiger charge is 2.49. The van der Waals surface area contributed by atoms with Gasteiger partial charge in [0.05, 0.1) is 6.61 Å². The zero-order valence-electron chi connectivity index (χ0n) is 15.5. The number of rotatable bonds is 6. The number of ether oxygens (including phenoxy) is 1. The summed E-state index contributed by atoms with van der Waals surface area (Å²) in [4.78, 5) is 0. The molecule has 1 aliphatic rings. The number of aliphatic hydroxyl groups is 1. The van der Waals surface area contributed by atoms with E-state index in [0.717, 1.165) is 12.3 Å². The maximum atomic E-state index is 10.6. The van der Waals surface area contributed by atoms with E-state index in [4.69, 9.17) is 4.74 Å². The Kier molecular flexibility index (Phi) is 6.32. The molecule has 0 aliphatic heterocycles. The highest BCUT2D eigenvalue weighted by atomic mass is 16.6. The van der Waals surface area contributed by atoms with Gasteiger partial charge in [0, 0.05) is 5.41 Å². The molecule has 21 heavy (non-hydrogen) atoms. The Balaban J connectivity index is 2.50. The number of hydrogen-bond acceptors (Lipinski definition) is 2. The fraction of sp³-hybridized carbons (Fsp3) is 1.00. The topological polar surface area (TPSA) is 29.5 Å². The summed E-state index contributed by atoms with van der Waals surface area (Å²) in [6.45, 7) is 16.1. The highest BCUT2D eigenvalue weighted by Crippen LogP contribution is 2.52. The Labute approximate surface area is 132 Å². The third-order valence-corrected chi connectivity index (χ3v) is 6.63. The lowest BCUT2D eigenvalue weighted by molar-refractivity contribution is -0.217. The first-order valence-corrected chi connectivity index (χ1v) is 8.80. The van der Waals surface area contributed by atoms with Gasteiger partial charge in [0.2, 0.25) is 0 Å². The van der Waals surface area contributed by atoms with Crippen LogP contribution in [-0.4, -0.2) is 18.0 Å². The van der Waals surface area contributed by atoms with E-state index < -0.39 is 6.29 Å². The maximum Gasteiger partial charge on any atom is 0.160 e. The monoisotopic (exact) mass is 298 g/mol. The Hall–Kier alpha value is -0.0800. The van der Waals surface area contributed by atoms with Crippen LogP contribution in [0.15, 0.2) is 0 Å². The summed E-state index contributed by atoms with van der Waals surface area (Å²) in [6.07, 6.45) is 7.23. The average molecular weight is 299 g/mol. The van der Waals surface area contributed by atoms with Gasteiger partial charge in [-0.15, -0.1) is 0 Å². The molecule has 0 aromatic heterocycles. The lowest BCUT2D eigenvalue weighted by atomic mass is 9.55. The third kappa shape index (κ3) is 4.45. The van der Waals surface area contributed by atoms with E-state index in [2.05, 4.69) is 48.5 Å². The molecule has 1 atom stereocenters. The van der Waals surface area contributed by atoms with Gasteiger partial charge >= 0.3 is 0 Å². The first-order chi connectivity index (χ1) is 9.50. The van der Waals surface area contributed by atoms with E-state index in [1.54, 1.807) is 0 Å². The summed E-state index contributed by atoms with van der Waals surface area (Å²) in [5.41, 5.74) is -0.188. The van der Waals surface area contributed by atoms with Crippen molar-refractivity contribution in [3.05, 3.63) is 0 Å². The molecule has 1 fully saturated rings. The van der Waals surface area contributed by atoms with Crippen molar-refractivity contribution in [2.75, 3.05) is 6.61 Å². The van der Waals surface area contributed by atoms with Crippen molar-refractivity contribution >= 4 is 0 Å². The normalized spacial score (nSPS) is 20.6. The predicted molar refractivity (Wildman–Crippen MR) is 90.2 cm³/mol. The fourth-order valence-electron chi connectivity index (χ4n) is 3.31. The molecule has 1 aliphatic carbocycles. The molecule has 0 heterocycles. The van der Waals surface area contributed by atoms with E-state index in [0.29, 0.717) is 6.61 Å². The van der Waals surface area contributed by atoms with E-state index in [9.17, 15) is 5.11 Å². The Morgan fingerprint density at radius 2 is 1.48 bits per heavy atom. The van der Waals surface area contributed by atoms with E-state index in [1.165, 1.54) is 32.1 Å². The average Bonchev–Trinajstić information content (AvgIpc) is 2.38. The molecular formula is C19H38O2. The molecule has 1 saturated carbocycles. The number of aliphatic hydroxyl groups excluding tert-OH is 1. The van der Waals surface area contributed by atoms with Crippen LogP contribution in [0.25, 0.3) is 0 Å². The van der Waals surface area contributed by atoms with Gasteiger partial charge in [-0.3, -0.25) is 0 Å². The second-order valence-corrected chi connectivity index (χ2v) is 9.11. The summed E-state index contributed by atoms with van der Waals surface area (Å²) in [5.74, 6) is 0.810. The van der Waals surface area contributed by atoms with Gasteiger partial charge in [-0.1, -0.05) is 80.6 Å². The zero-order valence-corrected chi connectivity index (χ0v) is 15.5. The Morgan fingerprint density at radius 3 is 1.95 bits per heavy atom. The van der Waals surface area contributed by atoms with Crippen molar-refractivity contribution < 1.29 is 9.84 Å². The Bertz CT molecular complexity index is 306. The molecule has 2 nitrogen and oxygen atoms in total. The minimum atomic E-state index is -0.699. The van der Waals surface area contributed by atoms with E-state index in [-0.39, 0.29) is 16.2 Å². The minimum absolute atomic E-state index is 0.0236. The predicted octanol–water partition coefficient (Wildman–Crippen LogP) is 5.39. The van der Waals surface area contributed by atoms with Crippen LogP contribution in [0.1, 0.15) is 87.0 Å². The van der Waals surface area contributed by atoms with Gasteiger partial charge in [0.25, 0.3) is 0 Å². The van der Waals surface area contributed by atoms with Crippen LogP contribution in [0.4, 0.5) is 0 Å². The molecule has 0 radical (unpaired) electrons. The van der Waals surface area contributed by atoms with Crippen LogP contribution in [0.5, 0.6) is 0 Å². The molecule has 0 spiro atoms. The van der Waals surface area contributed by atoms with Crippen molar-refractivity contribution in [2.24, 2.45) is 22.2 Å². The largest absolute Gasteiger partial charge is 0.367 e. The molecule has 1 N–H and O–H groups in total. The summed E-state index contributed by atoms with van der Waals surface area (Å²) < 4.78 is 5.85. The van der Waals surface area contributed by atoms with Gasteiger partial charge in [-0.2, -0.15) is 0 Å². The summed E-state index contributed by atoms with van der Waals surface area (Å²) >= 11 is 0. The van der Waals surface area contributed by atoms with Crippen molar-refractivity contribution in [3.8, 4) is 0 Å². The minimum Gasteiger partial charge on any atom is -0.367 e. The second kappa shape index (κ2) is 7.00. The first kappa shape index (κ1) is 19.0. The van der Waals surface area contributed by atoms with Crippen molar-refractivity contribution in [2.45, 2.75) is 93.3 Å². The highest BCUT2D eigenvalue weighted by molar-refractivity contribution is 4.95. The third-order valence-electron chi connectivity index (χ3n) is 6.63. The fourth-order valence-corrected chi connectivity index (χ4v) is 3.31. The summed E-state index contributed by atoms with van der Waals surface area (Å²) in [7, 11) is 0. The molecular weight excluding hydrogens is 260 g/mol. The van der Waals surface area contributed by atoms with Crippen LogP contribution >= 0.6 is 0 Å². The molecule has 0 aromatic rings. The molecule has 126 valence electrons. The quantitative estimate of drug-likeness (QED) is 0.666. The maximum absolute atomic E-state index is 10.6. The molecule has 2 heteroatoms. The lowest BCUT2D eigenvalue weighted by Crippen LogP contribution is -2.50. The molecule has 1 unspecified atom stereocenters. The molecule has 0 saturated heterocycles. The Morgan fingerprint density at radius 1 is 0.952 bits per heavy atom. The van der Waals surface area contributed by atoms with Crippen LogP contribution in [-0.2, 0) is 4.74 Å². The zero-order chi connectivity index (χ0) is 16.3. The first-order valence-electron chi connectivity index (χ1n) is 8.80. The SMILES string of the molecule is CC(C)(C)C(C)(C)C(C)(C)C(O)OCCC1CCCCC1. The molecule has 0 amide bonds. The van der Waals surface area contributed by atoms with Gasteiger partial charge in [-0.05, 0) is 23.2 Å². The number of hydrogen-bond donors (Lipinski definition) is 1. The smallest absolute Gasteiger partial charge is 0.160 e. The van der Waals surface area contributed by atoms with E-state index >= 15 is 0 Å². The summed E-state index contributed by atoms with van der Waals surface area (Å²) in [6, 6.07) is 0. The van der Waals surface area contributed by atoms with Gasteiger partial charge < -0.3 is 9.84 Å². The van der Waals surface area contributed by atoms with Gasteiger partial charge in [0.1, 0.15) is 0 Å². The van der Waals surface area contributed by atoms with Gasteiger partial charge in [-0.25, -0.2) is 0 Å². The van der Waals surface area contributed by atoms with Crippen molar-refractivity contribution in [1.29, 1.82) is 0 Å². The second-order valence-electron chi connectivity index (χ2n) is 9.11. The van der Waals surface area contributed by atoms with Crippen molar-refractivity contribution in [3.63, 3.8) is 0 Å². The van der Waals surface area contributed by atoms with Crippen LogP contribution in [0.2, 0.25) is 0 Å². The van der Waals surface area contributed by atoms with Gasteiger partial charge in [0.15, 0.2) is 6.29 Å². The standard InChI is InChI=1S/C19H38O2/c1-17(2,3)19(6,7)18(4,5)16(20)21-14-13-15-11-9-8-10-12-15/h15-16,20H,8-14H2,1-7H3.